The molecular formula is C17H16N2OS. The summed E-state index contributed by atoms with van der Waals surface area (Å²) in [5.41, 5.74) is 11.4. The van der Waals surface area contributed by atoms with Crippen molar-refractivity contribution in [1.29, 1.82) is 0 Å². The predicted octanol–water partition coefficient (Wildman–Crippen LogP) is 3.12. The second kappa shape index (κ2) is 5.30. The predicted molar refractivity (Wildman–Crippen MR) is 89.3 cm³/mol. The molecule has 0 aromatic heterocycles. The van der Waals surface area contributed by atoms with Gasteiger partial charge in [-0.1, -0.05) is 42.5 Å². The third-order valence-corrected chi connectivity index (χ3v) is 4.23. The number of hydrogen-bond acceptors (Lipinski definition) is 2. The molecule has 3 N–H and O–H groups in total. The van der Waals surface area contributed by atoms with Gasteiger partial charge >= 0.3 is 0 Å². The third-order valence-electron chi connectivity index (χ3n) is 3.88. The lowest BCUT2D eigenvalue weighted by Crippen LogP contribution is -2.30. The lowest BCUT2D eigenvalue weighted by Gasteiger charge is -2.11. The molecule has 0 radical (unpaired) electrons. The maximum atomic E-state index is 12.0. The third kappa shape index (κ3) is 2.54. The summed E-state index contributed by atoms with van der Waals surface area (Å²) in [4.78, 5) is 12.2. The van der Waals surface area contributed by atoms with Crippen LogP contribution in [0.1, 0.15) is 18.1 Å². The van der Waals surface area contributed by atoms with E-state index in [2.05, 4.69) is 29.6 Å². The van der Waals surface area contributed by atoms with Crippen molar-refractivity contribution in [2.75, 3.05) is 5.32 Å². The number of hydrogen-bond donors (Lipinski definition) is 2. The van der Waals surface area contributed by atoms with Crippen LogP contribution in [0.25, 0.3) is 11.1 Å². The van der Waals surface area contributed by atoms with E-state index in [1.165, 1.54) is 22.3 Å². The van der Waals surface area contributed by atoms with Crippen LogP contribution in [0.3, 0.4) is 0 Å². The van der Waals surface area contributed by atoms with E-state index in [1.807, 2.05) is 18.2 Å². The number of rotatable bonds is 3. The Morgan fingerprint density at radius 1 is 1.19 bits per heavy atom. The summed E-state index contributed by atoms with van der Waals surface area (Å²) < 4.78 is 0. The highest BCUT2D eigenvalue weighted by atomic mass is 32.1. The largest absolute Gasteiger partial charge is 0.393 e. The van der Waals surface area contributed by atoms with E-state index < -0.39 is 5.92 Å². The van der Waals surface area contributed by atoms with Crippen molar-refractivity contribution in [2.24, 2.45) is 11.7 Å². The van der Waals surface area contributed by atoms with Crippen molar-refractivity contribution < 1.29 is 4.79 Å². The monoisotopic (exact) mass is 296 g/mol. The van der Waals surface area contributed by atoms with Crippen molar-refractivity contribution in [2.45, 2.75) is 13.3 Å². The van der Waals surface area contributed by atoms with Gasteiger partial charge in [0.2, 0.25) is 5.91 Å². The van der Waals surface area contributed by atoms with Crippen LogP contribution in [0, 0.1) is 5.92 Å². The number of nitrogens with one attached hydrogen (secondary N) is 1. The van der Waals surface area contributed by atoms with Crippen LogP contribution < -0.4 is 11.1 Å². The van der Waals surface area contributed by atoms with Gasteiger partial charge in [0, 0.05) is 5.69 Å². The zero-order valence-corrected chi connectivity index (χ0v) is 12.5. The summed E-state index contributed by atoms with van der Waals surface area (Å²) in [5.74, 6) is -0.636. The van der Waals surface area contributed by atoms with Gasteiger partial charge in [-0.15, -0.1) is 0 Å². The maximum absolute atomic E-state index is 12.0. The lowest BCUT2D eigenvalue weighted by atomic mass is 10.1. The first-order chi connectivity index (χ1) is 10.1. The molecular weight excluding hydrogens is 280 g/mol. The van der Waals surface area contributed by atoms with Gasteiger partial charge in [-0.2, -0.15) is 0 Å². The topological polar surface area (TPSA) is 55.1 Å². The zero-order valence-electron chi connectivity index (χ0n) is 11.7. The van der Waals surface area contributed by atoms with Gasteiger partial charge < -0.3 is 11.1 Å². The summed E-state index contributed by atoms with van der Waals surface area (Å²) >= 11 is 4.85. The number of amides is 1. The Balaban J connectivity index is 1.84. The van der Waals surface area contributed by atoms with Crippen LogP contribution in [-0.2, 0) is 11.2 Å². The molecule has 2 aromatic carbocycles. The van der Waals surface area contributed by atoms with Crippen LogP contribution >= 0.6 is 12.2 Å². The molecule has 1 atom stereocenters. The zero-order chi connectivity index (χ0) is 15.0. The number of benzene rings is 2. The molecule has 1 aliphatic carbocycles. The Labute approximate surface area is 129 Å². The van der Waals surface area contributed by atoms with E-state index in [9.17, 15) is 4.79 Å². The Bertz CT molecular complexity index is 739. The lowest BCUT2D eigenvalue weighted by molar-refractivity contribution is -0.117. The number of carbonyl (C=O) groups is 1. The van der Waals surface area contributed by atoms with Crippen LogP contribution in [0.5, 0.6) is 0 Å². The number of fused-ring (bicyclic) bond motifs is 3. The molecule has 0 fully saturated rings. The molecule has 0 bridgehead atoms. The van der Waals surface area contributed by atoms with E-state index in [1.54, 1.807) is 6.92 Å². The number of nitrogens with two attached hydrogens (primary N) is 1. The molecule has 106 valence electrons. The second-order valence-corrected chi connectivity index (χ2v) is 5.79. The van der Waals surface area contributed by atoms with Crippen LogP contribution in [0.15, 0.2) is 42.5 Å². The molecule has 0 aliphatic heterocycles. The molecule has 21 heavy (non-hydrogen) atoms. The number of thiocarbonyl (C=S) groups is 1. The van der Waals surface area contributed by atoms with E-state index >= 15 is 0 Å². The van der Waals surface area contributed by atoms with Gasteiger partial charge in [-0.25, -0.2) is 0 Å². The van der Waals surface area contributed by atoms with E-state index in [0.717, 1.165) is 12.1 Å². The van der Waals surface area contributed by atoms with Crippen molar-refractivity contribution in [1.82, 2.24) is 0 Å². The minimum atomic E-state index is -0.467. The summed E-state index contributed by atoms with van der Waals surface area (Å²) in [6.07, 6.45) is 0.903. The summed E-state index contributed by atoms with van der Waals surface area (Å²) in [6.45, 7) is 1.71. The van der Waals surface area contributed by atoms with E-state index in [-0.39, 0.29) is 10.9 Å². The molecule has 2 aromatic rings. The average molecular weight is 296 g/mol. The van der Waals surface area contributed by atoms with Crippen molar-refractivity contribution in [3.63, 3.8) is 0 Å². The molecule has 4 heteroatoms. The van der Waals surface area contributed by atoms with Crippen molar-refractivity contribution >= 4 is 28.8 Å². The minimum absolute atomic E-state index is 0.169. The van der Waals surface area contributed by atoms with Crippen LogP contribution in [0.4, 0.5) is 5.69 Å². The molecule has 0 saturated carbocycles. The highest BCUT2D eigenvalue weighted by Crippen LogP contribution is 2.37. The quantitative estimate of drug-likeness (QED) is 0.730. The van der Waals surface area contributed by atoms with Gasteiger partial charge in [0.05, 0.1) is 10.9 Å². The van der Waals surface area contributed by atoms with Gasteiger partial charge in [0.25, 0.3) is 0 Å². The maximum Gasteiger partial charge on any atom is 0.234 e. The Morgan fingerprint density at radius 3 is 2.67 bits per heavy atom. The summed E-state index contributed by atoms with van der Waals surface area (Å²) in [6, 6.07) is 14.4. The van der Waals surface area contributed by atoms with Gasteiger partial charge in [0.1, 0.15) is 0 Å². The van der Waals surface area contributed by atoms with Crippen LogP contribution in [-0.4, -0.2) is 10.9 Å². The van der Waals surface area contributed by atoms with E-state index in [4.69, 9.17) is 18.0 Å². The van der Waals surface area contributed by atoms with Gasteiger partial charge in [0.15, 0.2) is 0 Å². The normalized spacial score (nSPS) is 13.2. The summed E-state index contributed by atoms with van der Waals surface area (Å²) in [7, 11) is 0. The highest BCUT2D eigenvalue weighted by Gasteiger charge is 2.19. The smallest absolute Gasteiger partial charge is 0.234 e. The summed E-state index contributed by atoms with van der Waals surface area (Å²) in [5, 5.41) is 2.87. The number of carbonyl (C=O) groups excluding carboxylic acids is 1. The minimum Gasteiger partial charge on any atom is -0.393 e. The van der Waals surface area contributed by atoms with Crippen molar-refractivity contribution in [3.05, 3.63) is 53.6 Å². The standard InChI is InChI=1S/C17H16N2OS/c1-10(16(18)21)17(20)19-13-6-7-15-12(9-13)8-11-4-2-3-5-14(11)15/h2-7,9-10H,8H2,1H3,(H2,18,21)(H,19,20). The first kappa shape index (κ1) is 13.8. The fourth-order valence-electron chi connectivity index (χ4n) is 2.60. The molecule has 0 spiro atoms. The molecule has 1 amide bonds. The molecule has 0 saturated heterocycles. The second-order valence-electron chi connectivity index (χ2n) is 5.32. The molecule has 0 heterocycles. The highest BCUT2D eigenvalue weighted by molar-refractivity contribution is 7.80. The fraction of sp³-hybridized carbons (Fsp3) is 0.176. The van der Waals surface area contributed by atoms with Crippen molar-refractivity contribution in [3.8, 4) is 11.1 Å². The van der Waals surface area contributed by atoms with Gasteiger partial charge in [-0.05, 0) is 47.7 Å². The van der Waals surface area contributed by atoms with Crippen LogP contribution in [0.2, 0.25) is 0 Å². The Hall–Kier alpha value is -2.20. The fourth-order valence-corrected chi connectivity index (χ4v) is 2.71. The first-order valence-corrected chi connectivity index (χ1v) is 7.28. The SMILES string of the molecule is CC(C(=O)Nc1ccc2c(c1)Cc1ccccc1-2)C(N)=S. The first-order valence-electron chi connectivity index (χ1n) is 6.87. The Kier molecular flexibility index (Phi) is 3.47. The van der Waals surface area contributed by atoms with E-state index in [0.29, 0.717) is 0 Å². The number of anilines is 1. The molecule has 3 rings (SSSR count). The molecule has 1 unspecified atom stereocenters. The average Bonchev–Trinajstić information content (AvgIpc) is 2.83. The van der Waals surface area contributed by atoms with Gasteiger partial charge in [-0.3, -0.25) is 4.79 Å². The molecule has 1 aliphatic rings. The molecule has 3 nitrogen and oxygen atoms in total. The Morgan fingerprint density at radius 2 is 1.90 bits per heavy atom.